The minimum Gasteiger partial charge on any atom is -0.494 e. The van der Waals surface area contributed by atoms with Crippen molar-refractivity contribution >= 4 is 33.2 Å². The molecule has 0 heterocycles. The van der Waals surface area contributed by atoms with E-state index in [1.807, 2.05) is 30.3 Å². The van der Waals surface area contributed by atoms with E-state index in [4.69, 9.17) is 16.3 Å². The third kappa shape index (κ3) is 5.95. The minimum atomic E-state index is -3.71. The average molecular weight is 425 g/mol. The van der Waals surface area contributed by atoms with Gasteiger partial charge in [0.15, 0.2) is 0 Å². The molecular formula is C20H25ClN2O4S. The van der Waals surface area contributed by atoms with Crippen molar-refractivity contribution in [2.45, 2.75) is 31.6 Å². The molecule has 2 aromatic rings. The summed E-state index contributed by atoms with van der Waals surface area (Å²) < 4.78 is 32.3. The smallest absolute Gasteiger partial charge is 0.244 e. The highest BCUT2D eigenvalue weighted by atomic mass is 35.5. The molecule has 2 aromatic carbocycles. The zero-order valence-corrected chi connectivity index (χ0v) is 17.6. The monoisotopic (exact) mass is 424 g/mol. The fourth-order valence-corrected chi connectivity index (χ4v) is 4.60. The topological polar surface area (TPSA) is 75.7 Å². The summed E-state index contributed by atoms with van der Waals surface area (Å²) in [6, 6.07) is 13.8. The third-order valence-electron chi connectivity index (χ3n) is 4.10. The van der Waals surface area contributed by atoms with Gasteiger partial charge >= 0.3 is 0 Å². The fraction of sp³-hybridized carbons (Fsp3) is 0.350. The Morgan fingerprint density at radius 2 is 1.79 bits per heavy atom. The maximum absolute atomic E-state index is 12.7. The molecule has 0 spiro atoms. The van der Waals surface area contributed by atoms with E-state index in [-0.39, 0.29) is 22.2 Å². The second-order valence-electron chi connectivity index (χ2n) is 6.05. The second kappa shape index (κ2) is 10.5. The Kier molecular flexibility index (Phi) is 8.29. The summed E-state index contributed by atoms with van der Waals surface area (Å²) in [5.74, 6) is 0.539. The summed E-state index contributed by atoms with van der Waals surface area (Å²) in [4.78, 5) is 12.1. The van der Waals surface area contributed by atoms with Crippen molar-refractivity contribution in [1.29, 1.82) is 0 Å². The number of para-hydroxylation sites is 1. The van der Waals surface area contributed by atoms with Gasteiger partial charge in [-0.3, -0.25) is 4.79 Å². The number of sulfonamides is 1. The van der Waals surface area contributed by atoms with Crippen LogP contribution in [0.3, 0.4) is 0 Å². The lowest BCUT2D eigenvalue weighted by Crippen LogP contribution is -2.30. The molecule has 0 aliphatic rings. The van der Waals surface area contributed by atoms with Crippen molar-refractivity contribution in [1.82, 2.24) is 4.31 Å². The van der Waals surface area contributed by atoms with E-state index in [2.05, 4.69) is 5.32 Å². The minimum absolute atomic E-state index is 0.0110. The van der Waals surface area contributed by atoms with Crippen molar-refractivity contribution in [2.24, 2.45) is 0 Å². The first-order valence-corrected chi connectivity index (χ1v) is 11.0. The molecule has 2 rings (SSSR count). The van der Waals surface area contributed by atoms with Crippen molar-refractivity contribution < 1.29 is 17.9 Å². The molecule has 0 atom stereocenters. The van der Waals surface area contributed by atoms with Gasteiger partial charge in [0, 0.05) is 25.2 Å². The first-order chi connectivity index (χ1) is 13.4. The number of anilines is 1. The molecule has 0 radical (unpaired) electrons. The summed E-state index contributed by atoms with van der Waals surface area (Å²) in [5, 5.41) is 2.85. The van der Waals surface area contributed by atoms with Gasteiger partial charge in [0.05, 0.1) is 11.6 Å². The van der Waals surface area contributed by atoms with Crippen molar-refractivity contribution in [3.63, 3.8) is 0 Å². The lowest BCUT2D eigenvalue weighted by Gasteiger charge is -2.19. The quantitative estimate of drug-likeness (QED) is 0.581. The van der Waals surface area contributed by atoms with E-state index < -0.39 is 10.0 Å². The Bertz CT molecular complexity index is 884. The summed E-state index contributed by atoms with van der Waals surface area (Å²) in [7, 11) is -3.71. The van der Waals surface area contributed by atoms with E-state index >= 15 is 0 Å². The lowest BCUT2D eigenvalue weighted by molar-refractivity contribution is -0.116. The van der Waals surface area contributed by atoms with Crippen LogP contribution in [0.15, 0.2) is 53.4 Å². The van der Waals surface area contributed by atoms with Gasteiger partial charge < -0.3 is 10.1 Å². The fourth-order valence-electron chi connectivity index (χ4n) is 2.64. The van der Waals surface area contributed by atoms with Crippen LogP contribution in [0.5, 0.6) is 5.75 Å². The number of hydrogen-bond acceptors (Lipinski definition) is 4. The summed E-state index contributed by atoms with van der Waals surface area (Å²) in [5.41, 5.74) is 0.393. The van der Waals surface area contributed by atoms with Crippen LogP contribution in [-0.4, -0.2) is 38.3 Å². The van der Waals surface area contributed by atoms with E-state index in [0.29, 0.717) is 31.8 Å². The van der Waals surface area contributed by atoms with Crippen LogP contribution in [0, 0.1) is 0 Å². The van der Waals surface area contributed by atoms with Crippen LogP contribution in [0.1, 0.15) is 26.7 Å². The van der Waals surface area contributed by atoms with Gasteiger partial charge in [0.1, 0.15) is 10.6 Å². The molecule has 0 saturated carbocycles. The van der Waals surface area contributed by atoms with Gasteiger partial charge in [-0.1, -0.05) is 43.6 Å². The molecule has 0 unspecified atom stereocenters. The number of amides is 1. The third-order valence-corrected chi connectivity index (χ3v) is 6.63. The van der Waals surface area contributed by atoms with Gasteiger partial charge in [-0.05, 0) is 36.8 Å². The molecule has 0 aromatic heterocycles. The number of nitrogens with zero attached hydrogens (tertiary/aromatic N) is 1. The number of ether oxygens (including phenoxy) is 1. The summed E-state index contributed by atoms with van der Waals surface area (Å²) in [6.45, 7) is 4.62. The van der Waals surface area contributed by atoms with Crippen LogP contribution >= 0.6 is 11.6 Å². The van der Waals surface area contributed by atoms with Crippen LogP contribution in [0.2, 0.25) is 5.02 Å². The van der Waals surface area contributed by atoms with Crippen molar-refractivity contribution in [3.8, 4) is 5.75 Å². The first-order valence-electron chi connectivity index (χ1n) is 9.15. The Hall–Kier alpha value is -2.09. The Morgan fingerprint density at radius 3 is 2.43 bits per heavy atom. The molecule has 0 saturated heterocycles. The number of halogens is 1. The highest BCUT2D eigenvalue weighted by Crippen LogP contribution is 2.27. The van der Waals surface area contributed by atoms with E-state index in [9.17, 15) is 13.2 Å². The Morgan fingerprint density at radius 1 is 1.11 bits per heavy atom. The maximum Gasteiger partial charge on any atom is 0.244 e. The summed E-state index contributed by atoms with van der Waals surface area (Å²) >= 11 is 6.10. The molecule has 0 bridgehead atoms. The van der Waals surface area contributed by atoms with Crippen molar-refractivity contribution in [2.75, 3.05) is 25.0 Å². The standard InChI is InChI=1S/C20H25ClN2O4S/c1-3-23(4-2)28(25,26)19-15-16(12-13-18(19)21)22-20(24)11-8-14-27-17-9-6-5-7-10-17/h5-7,9-10,12-13,15H,3-4,8,11,14H2,1-2H3,(H,22,24). The molecule has 1 N–H and O–H groups in total. The average Bonchev–Trinajstić information content (AvgIpc) is 2.68. The highest BCUT2D eigenvalue weighted by Gasteiger charge is 2.24. The van der Waals surface area contributed by atoms with E-state index in [0.717, 1.165) is 5.75 Å². The largest absolute Gasteiger partial charge is 0.494 e. The maximum atomic E-state index is 12.7. The Balaban J connectivity index is 1.95. The molecule has 0 aliphatic carbocycles. The number of carbonyl (C=O) groups excluding carboxylic acids is 1. The van der Waals surface area contributed by atoms with Crippen LogP contribution in [0.4, 0.5) is 5.69 Å². The molecule has 0 fully saturated rings. The van der Waals surface area contributed by atoms with Gasteiger partial charge in [-0.2, -0.15) is 4.31 Å². The zero-order valence-electron chi connectivity index (χ0n) is 16.0. The molecular weight excluding hydrogens is 400 g/mol. The zero-order chi connectivity index (χ0) is 20.6. The normalized spacial score (nSPS) is 11.4. The van der Waals surface area contributed by atoms with Crippen LogP contribution < -0.4 is 10.1 Å². The van der Waals surface area contributed by atoms with Gasteiger partial charge in [0.25, 0.3) is 0 Å². The second-order valence-corrected chi connectivity index (χ2v) is 8.36. The molecule has 28 heavy (non-hydrogen) atoms. The molecule has 8 heteroatoms. The van der Waals surface area contributed by atoms with Crippen molar-refractivity contribution in [3.05, 3.63) is 53.6 Å². The van der Waals surface area contributed by atoms with Gasteiger partial charge in [-0.25, -0.2) is 8.42 Å². The van der Waals surface area contributed by atoms with E-state index in [1.54, 1.807) is 19.9 Å². The SMILES string of the molecule is CCN(CC)S(=O)(=O)c1cc(NC(=O)CCCOc2ccccc2)ccc1Cl. The van der Waals surface area contributed by atoms with Gasteiger partial charge in [-0.15, -0.1) is 0 Å². The predicted molar refractivity (Wildman–Crippen MR) is 111 cm³/mol. The molecule has 0 aliphatic heterocycles. The van der Waals surface area contributed by atoms with Gasteiger partial charge in [0.2, 0.25) is 15.9 Å². The number of benzene rings is 2. The van der Waals surface area contributed by atoms with Crippen LogP contribution in [-0.2, 0) is 14.8 Å². The molecule has 6 nitrogen and oxygen atoms in total. The number of rotatable bonds is 10. The Labute approximate surface area is 171 Å². The number of hydrogen-bond donors (Lipinski definition) is 1. The molecule has 152 valence electrons. The van der Waals surface area contributed by atoms with Crippen LogP contribution in [0.25, 0.3) is 0 Å². The highest BCUT2D eigenvalue weighted by molar-refractivity contribution is 7.89. The molecule has 1 amide bonds. The lowest BCUT2D eigenvalue weighted by atomic mass is 10.2. The van der Waals surface area contributed by atoms with E-state index in [1.165, 1.54) is 16.4 Å². The first kappa shape index (κ1) is 22.2. The predicted octanol–water partition coefficient (Wildman–Crippen LogP) is 4.17. The number of nitrogens with one attached hydrogen (secondary N) is 1. The number of carbonyl (C=O) groups is 1. The summed E-state index contributed by atoms with van der Waals surface area (Å²) in [6.07, 6.45) is 0.798.